The average Bonchev–Trinajstić information content (AvgIpc) is 2.42. The van der Waals surface area contributed by atoms with Gasteiger partial charge in [0.15, 0.2) is 0 Å². The van der Waals surface area contributed by atoms with Crippen LogP contribution in [0, 0.1) is 5.82 Å². The molecule has 1 N–H and O–H groups in total. The van der Waals surface area contributed by atoms with Gasteiger partial charge in [0.05, 0.1) is 12.6 Å². The van der Waals surface area contributed by atoms with Gasteiger partial charge in [0.1, 0.15) is 18.2 Å². The van der Waals surface area contributed by atoms with Crippen molar-refractivity contribution < 1.29 is 14.2 Å². The molecule has 0 aliphatic rings. The molecule has 0 saturated heterocycles. The number of hydrogen-bond donors (Lipinski definition) is 1. The van der Waals surface area contributed by atoms with Crippen LogP contribution in [-0.4, -0.2) is 16.3 Å². The van der Waals surface area contributed by atoms with Gasteiger partial charge < -0.3 is 14.4 Å². The van der Waals surface area contributed by atoms with Crippen LogP contribution in [0.4, 0.5) is 4.39 Å². The summed E-state index contributed by atoms with van der Waals surface area (Å²) in [7, 11) is 0. The van der Waals surface area contributed by atoms with Gasteiger partial charge in [0.2, 0.25) is 0 Å². The molecule has 0 aliphatic heterocycles. The van der Waals surface area contributed by atoms with Crippen LogP contribution >= 0.6 is 0 Å². The third-order valence-corrected chi connectivity index (χ3v) is 2.91. The van der Waals surface area contributed by atoms with Crippen molar-refractivity contribution in [2.24, 2.45) is 0 Å². The van der Waals surface area contributed by atoms with E-state index in [1.807, 2.05) is 0 Å². The van der Waals surface area contributed by atoms with Crippen LogP contribution in [-0.2, 0) is 6.54 Å². The maximum atomic E-state index is 13.1. The van der Waals surface area contributed by atoms with E-state index in [1.165, 1.54) is 28.8 Å². The van der Waals surface area contributed by atoms with Crippen LogP contribution < -0.4 is 10.3 Å². The molecule has 0 unspecified atom stereocenters. The minimum absolute atomic E-state index is 0.106. The Hall–Kier alpha value is -2.14. The normalized spacial score (nSPS) is 12.2. The lowest BCUT2D eigenvalue weighted by Crippen LogP contribution is -2.21. The van der Waals surface area contributed by atoms with Gasteiger partial charge in [0.25, 0.3) is 5.56 Å². The van der Waals surface area contributed by atoms with E-state index in [-0.39, 0.29) is 12.2 Å². The molecule has 1 aromatic heterocycles. The van der Waals surface area contributed by atoms with E-state index in [4.69, 9.17) is 4.74 Å². The largest absolute Gasteiger partial charge is 0.491 e. The number of aliphatic hydroxyl groups excluding tert-OH is 1. The molecule has 106 valence electrons. The lowest BCUT2D eigenvalue weighted by atomic mass is 10.1. The molecule has 0 radical (unpaired) electrons. The smallest absolute Gasteiger partial charge is 0.250 e. The standard InChI is InChI=1S/C15H16FNO3/c1-11(18)13-10-12(16)5-6-14(13)20-9-8-17-7-3-2-4-15(17)19/h2-7,10-11,18H,8-9H2,1H3/t11-/m0/s1. The molecule has 0 saturated carbocycles. The zero-order valence-corrected chi connectivity index (χ0v) is 11.1. The molecular weight excluding hydrogens is 261 g/mol. The van der Waals surface area contributed by atoms with Crippen molar-refractivity contribution >= 4 is 0 Å². The predicted octanol–water partition coefficient (Wildman–Crippen LogP) is 2.12. The SMILES string of the molecule is C[C@H](O)c1cc(F)ccc1OCCn1ccccc1=O. The summed E-state index contributed by atoms with van der Waals surface area (Å²) in [5, 5.41) is 9.59. The maximum absolute atomic E-state index is 13.1. The fourth-order valence-electron chi connectivity index (χ4n) is 1.88. The first-order valence-corrected chi connectivity index (χ1v) is 6.33. The number of pyridine rings is 1. The van der Waals surface area contributed by atoms with Crippen LogP contribution in [0.1, 0.15) is 18.6 Å². The highest BCUT2D eigenvalue weighted by molar-refractivity contribution is 5.35. The van der Waals surface area contributed by atoms with E-state index in [1.54, 1.807) is 25.3 Å². The van der Waals surface area contributed by atoms with Gasteiger partial charge in [-0.05, 0) is 31.2 Å². The third kappa shape index (κ3) is 3.45. The van der Waals surface area contributed by atoms with Crippen molar-refractivity contribution in [3.63, 3.8) is 0 Å². The van der Waals surface area contributed by atoms with Gasteiger partial charge in [-0.3, -0.25) is 4.79 Å². The van der Waals surface area contributed by atoms with E-state index in [0.29, 0.717) is 17.9 Å². The summed E-state index contributed by atoms with van der Waals surface area (Å²) in [6.45, 7) is 2.19. The van der Waals surface area contributed by atoms with Gasteiger partial charge in [-0.25, -0.2) is 4.39 Å². The Labute approximate surface area is 116 Å². The number of benzene rings is 1. The molecule has 0 amide bonds. The summed E-state index contributed by atoms with van der Waals surface area (Å²) in [6, 6.07) is 8.90. The molecule has 0 bridgehead atoms. The number of halogens is 1. The van der Waals surface area contributed by atoms with Gasteiger partial charge >= 0.3 is 0 Å². The summed E-state index contributed by atoms with van der Waals surface area (Å²) in [5.74, 6) is -0.00194. The second kappa shape index (κ2) is 6.34. The van der Waals surface area contributed by atoms with Crippen LogP contribution in [0.2, 0.25) is 0 Å². The lowest BCUT2D eigenvalue weighted by Gasteiger charge is -2.14. The Kier molecular flexibility index (Phi) is 4.53. The molecule has 2 aromatic rings. The molecular formula is C15H16FNO3. The zero-order valence-electron chi connectivity index (χ0n) is 11.1. The second-order valence-electron chi connectivity index (χ2n) is 4.44. The predicted molar refractivity (Wildman–Crippen MR) is 73.2 cm³/mol. The number of aliphatic hydroxyl groups is 1. The quantitative estimate of drug-likeness (QED) is 0.910. The van der Waals surface area contributed by atoms with Crippen molar-refractivity contribution in [1.82, 2.24) is 4.57 Å². The molecule has 0 aliphatic carbocycles. The van der Waals surface area contributed by atoms with Gasteiger partial charge in [-0.2, -0.15) is 0 Å². The van der Waals surface area contributed by atoms with E-state index in [0.717, 1.165) is 0 Å². The number of rotatable bonds is 5. The minimum atomic E-state index is -0.819. The van der Waals surface area contributed by atoms with Crippen molar-refractivity contribution in [3.05, 3.63) is 64.3 Å². The van der Waals surface area contributed by atoms with Crippen LogP contribution in [0.3, 0.4) is 0 Å². The molecule has 20 heavy (non-hydrogen) atoms. The first-order chi connectivity index (χ1) is 9.58. The van der Waals surface area contributed by atoms with Crippen molar-refractivity contribution in [2.45, 2.75) is 19.6 Å². The number of hydrogen-bond acceptors (Lipinski definition) is 3. The Morgan fingerprint density at radius 2 is 2.15 bits per heavy atom. The molecule has 4 nitrogen and oxygen atoms in total. The molecule has 1 atom stereocenters. The monoisotopic (exact) mass is 277 g/mol. The van der Waals surface area contributed by atoms with E-state index >= 15 is 0 Å². The summed E-state index contributed by atoms with van der Waals surface area (Å²) in [6.07, 6.45) is 0.853. The van der Waals surface area contributed by atoms with Crippen molar-refractivity contribution in [2.75, 3.05) is 6.61 Å². The Morgan fingerprint density at radius 3 is 2.85 bits per heavy atom. The summed E-state index contributed by atoms with van der Waals surface area (Å²) < 4.78 is 20.2. The lowest BCUT2D eigenvalue weighted by molar-refractivity contribution is 0.189. The highest BCUT2D eigenvalue weighted by Gasteiger charge is 2.10. The fraction of sp³-hybridized carbons (Fsp3) is 0.267. The van der Waals surface area contributed by atoms with Crippen LogP contribution in [0.15, 0.2) is 47.4 Å². The Bertz CT molecular complexity index is 637. The van der Waals surface area contributed by atoms with Gasteiger partial charge in [-0.15, -0.1) is 0 Å². The maximum Gasteiger partial charge on any atom is 0.250 e. The fourth-order valence-corrected chi connectivity index (χ4v) is 1.88. The number of ether oxygens (including phenoxy) is 1. The Balaban J connectivity index is 2.05. The van der Waals surface area contributed by atoms with E-state index in [2.05, 4.69) is 0 Å². The van der Waals surface area contributed by atoms with E-state index < -0.39 is 11.9 Å². The van der Waals surface area contributed by atoms with Crippen LogP contribution in [0.25, 0.3) is 0 Å². The average molecular weight is 277 g/mol. The van der Waals surface area contributed by atoms with Crippen LogP contribution in [0.5, 0.6) is 5.75 Å². The van der Waals surface area contributed by atoms with Gasteiger partial charge in [-0.1, -0.05) is 6.07 Å². The summed E-state index contributed by atoms with van der Waals surface area (Å²) in [5.41, 5.74) is 0.288. The molecule has 1 heterocycles. The van der Waals surface area contributed by atoms with E-state index in [9.17, 15) is 14.3 Å². The third-order valence-electron chi connectivity index (χ3n) is 2.91. The zero-order chi connectivity index (χ0) is 14.5. The first-order valence-electron chi connectivity index (χ1n) is 6.33. The topological polar surface area (TPSA) is 51.5 Å². The van der Waals surface area contributed by atoms with Crippen molar-refractivity contribution in [3.8, 4) is 5.75 Å². The molecule has 0 spiro atoms. The highest BCUT2D eigenvalue weighted by atomic mass is 19.1. The summed E-state index contributed by atoms with van der Waals surface area (Å²) >= 11 is 0. The Morgan fingerprint density at radius 1 is 1.35 bits per heavy atom. The molecule has 0 fully saturated rings. The molecule has 5 heteroatoms. The highest BCUT2D eigenvalue weighted by Crippen LogP contribution is 2.25. The molecule has 1 aromatic carbocycles. The van der Waals surface area contributed by atoms with Gasteiger partial charge in [0, 0.05) is 17.8 Å². The summed E-state index contributed by atoms with van der Waals surface area (Å²) in [4.78, 5) is 11.5. The van der Waals surface area contributed by atoms with Crippen molar-refractivity contribution in [1.29, 1.82) is 0 Å². The molecule has 2 rings (SSSR count). The minimum Gasteiger partial charge on any atom is -0.491 e. The first kappa shape index (κ1) is 14.3. The number of nitrogens with zero attached hydrogens (tertiary/aromatic N) is 1. The number of aromatic nitrogens is 1. The second-order valence-corrected chi connectivity index (χ2v) is 4.44.